The highest BCUT2D eigenvalue weighted by atomic mass is 19.1. The van der Waals surface area contributed by atoms with Gasteiger partial charge in [-0.3, -0.25) is 19.4 Å². The number of nitrogens with zero attached hydrogens (tertiary/aromatic N) is 5. The molecule has 0 aliphatic carbocycles. The van der Waals surface area contributed by atoms with Crippen molar-refractivity contribution in [3.05, 3.63) is 88.7 Å². The number of rotatable bonds is 11. The third-order valence-electron chi connectivity index (χ3n) is 8.00. The molecule has 46 heavy (non-hydrogen) atoms. The van der Waals surface area contributed by atoms with Crippen LogP contribution in [-0.4, -0.2) is 78.6 Å². The topological polar surface area (TPSA) is 129 Å². The zero-order valence-electron chi connectivity index (χ0n) is 26.0. The first-order chi connectivity index (χ1) is 22.2. The second-order valence-electron chi connectivity index (χ2n) is 10.9. The first-order valence-electron chi connectivity index (χ1n) is 15.0. The van der Waals surface area contributed by atoms with E-state index in [-0.39, 0.29) is 12.0 Å². The van der Waals surface area contributed by atoms with E-state index in [4.69, 9.17) is 19.6 Å². The molecule has 13 heteroatoms. The van der Waals surface area contributed by atoms with Gasteiger partial charge in [0.1, 0.15) is 17.3 Å². The fourth-order valence-corrected chi connectivity index (χ4v) is 5.61. The number of hydrogen-bond donors (Lipinski definition) is 2. The van der Waals surface area contributed by atoms with Crippen molar-refractivity contribution >= 4 is 34.3 Å². The second-order valence-corrected chi connectivity index (χ2v) is 10.9. The summed E-state index contributed by atoms with van der Waals surface area (Å²) in [6, 6.07) is 16.2. The van der Waals surface area contributed by atoms with Gasteiger partial charge in [0.15, 0.2) is 5.82 Å². The summed E-state index contributed by atoms with van der Waals surface area (Å²) in [5.74, 6) is -0.0617. The Bertz CT molecular complexity index is 1760. The number of carbonyl (C=O) groups excluding carboxylic acids is 1. The van der Waals surface area contributed by atoms with E-state index in [1.807, 2.05) is 5.01 Å². The van der Waals surface area contributed by atoms with Gasteiger partial charge in [0.25, 0.3) is 5.56 Å². The summed E-state index contributed by atoms with van der Waals surface area (Å²) < 4.78 is 26.3. The minimum Gasteiger partial charge on any atom is -0.497 e. The fraction of sp³-hybridized carbons (Fsp3) is 0.333. The molecule has 1 unspecified atom stereocenters. The van der Waals surface area contributed by atoms with Crippen molar-refractivity contribution in [2.24, 2.45) is 0 Å². The lowest BCUT2D eigenvalue weighted by atomic mass is 10.1. The Labute approximate surface area is 265 Å². The second kappa shape index (κ2) is 14.3. The van der Waals surface area contributed by atoms with Crippen LogP contribution in [0.1, 0.15) is 31.6 Å². The highest BCUT2D eigenvalue weighted by Crippen LogP contribution is 2.37. The molecule has 1 aliphatic rings. The van der Waals surface area contributed by atoms with E-state index in [1.165, 1.54) is 43.4 Å². The van der Waals surface area contributed by atoms with Gasteiger partial charge in [0.05, 0.1) is 36.9 Å². The largest absolute Gasteiger partial charge is 0.497 e. The van der Waals surface area contributed by atoms with Crippen molar-refractivity contribution in [3.63, 3.8) is 0 Å². The lowest BCUT2D eigenvalue weighted by Crippen LogP contribution is -2.56. The molecule has 3 aromatic carbocycles. The number of amides is 2. The molecule has 2 N–H and O–H groups in total. The highest BCUT2D eigenvalue weighted by molar-refractivity contribution is 6.03. The number of para-hydroxylation sites is 1. The molecular weight excluding hydrogens is 595 g/mol. The number of methoxy groups -OCH3 is 2. The van der Waals surface area contributed by atoms with Crippen LogP contribution >= 0.6 is 0 Å². The number of halogens is 1. The SMILES string of the molecule is COc1ccc(N(C(=O)Nc2ccc(F)cc2)C(C)c2nc3ccccc3c(=O)n2N2CCN(CCCC(=O)O)CC2)c(OC)c1. The van der Waals surface area contributed by atoms with E-state index in [2.05, 4.69) is 10.2 Å². The van der Waals surface area contributed by atoms with Crippen LogP contribution in [0.2, 0.25) is 0 Å². The Morgan fingerprint density at radius 1 is 1.02 bits per heavy atom. The van der Waals surface area contributed by atoms with Crippen LogP contribution in [0.3, 0.4) is 0 Å². The Morgan fingerprint density at radius 3 is 2.41 bits per heavy atom. The average molecular weight is 633 g/mol. The maximum atomic E-state index is 14.1. The first kappa shape index (κ1) is 32.2. The van der Waals surface area contributed by atoms with Crippen molar-refractivity contribution in [1.29, 1.82) is 0 Å². The number of ether oxygens (including phenoxy) is 2. The predicted molar refractivity (Wildman–Crippen MR) is 173 cm³/mol. The normalized spacial score (nSPS) is 14.1. The third kappa shape index (κ3) is 7.04. The molecule has 242 valence electrons. The number of carboxylic acids is 1. The summed E-state index contributed by atoms with van der Waals surface area (Å²) in [5.41, 5.74) is 0.984. The van der Waals surface area contributed by atoms with E-state index >= 15 is 0 Å². The molecule has 1 saturated heterocycles. The number of anilines is 2. The fourth-order valence-electron chi connectivity index (χ4n) is 5.61. The van der Waals surface area contributed by atoms with Gasteiger partial charge in [0.2, 0.25) is 0 Å². The monoisotopic (exact) mass is 632 g/mol. The van der Waals surface area contributed by atoms with E-state index in [0.29, 0.717) is 78.7 Å². The number of carboxylic acid groups (broad SMARTS) is 1. The zero-order chi connectivity index (χ0) is 32.8. The molecule has 0 bridgehead atoms. The summed E-state index contributed by atoms with van der Waals surface area (Å²) in [4.78, 5) is 47.8. The average Bonchev–Trinajstić information content (AvgIpc) is 3.06. The van der Waals surface area contributed by atoms with E-state index in [1.54, 1.807) is 54.1 Å². The Morgan fingerprint density at radius 2 is 1.74 bits per heavy atom. The summed E-state index contributed by atoms with van der Waals surface area (Å²) in [6.07, 6.45) is 0.636. The van der Waals surface area contributed by atoms with Crippen molar-refractivity contribution in [2.45, 2.75) is 25.8 Å². The summed E-state index contributed by atoms with van der Waals surface area (Å²) in [6.45, 7) is 4.63. The van der Waals surface area contributed by atoms with E-state index in [0.717, 1.165) is 0 Å². The van der Waals surface area contributed by atoms with Crippen molar-refractivity contribution in [2.75, 3.05) is 62.2 Å². The molecule has 0 saturated carbocycles. The third-order valence-corrected chi connectivity index (χ3v) is 8.00. The maximum absolute atomic E-state index is 14.1. The van der Waals surface area contributed by atoms with Crippen LogP contribution < -0.4 is 30.3 Å². The summed E-state index contributed by atoms with van der Waals surface area (Å²) >= 11 is 0. The molecule has 0 radical (unpaired) electrons. The van der Waals surface area contributed by atoms with Crippen LogP contribution in [-0.2, 0) is 4.79 Å². The number of carbonyl (C=O) groups is 2. The minimum atomic E-state index is -0.826. The number of hydrogen-bond acceptors (Lipinski definition) is 8. The number of benzene rings is 3. The first-order valence-corrected chi connectivity index (χ1v) is 15.0. The van der Waals surface area contributed by atoms with E-state index < -0.39 is 23.9 Å². The molecular formula is C33H37FN6O6. The number of aliphatic carboxylic acids is 1. The molecule has 5 rings (SSSR count). The number of aromatic nitrogens is 2. The van der Waals surface area contributed by atoms with Gasteiger partial charge < -0.3 is 24.9 Å². The Kier molecular flexibility index (Phi) is 10.0. The van der Waals surface area contributed by atoms with Gasteiger partial charge in [0, 0.05) is 44.4 Å². The van der Waals surface area contributed by atoms with Gasteiger partial charge in [-0.1, -0.05) is 12.1 Å². The molecule has 1 atom stereocenters. The molecule has 0 spiro atoms. The van der Waals surface area contributed by atoms with Crippen LogP contribution in [0, 0.1) is 5.82 Å². The molecule has 4 aromatic rings. The lowest BCUT2D eigenvalue weighted by molar-refractivity contribution is -0.137. The number of piperazine rings is 1. The maximum Gasteiger partial charge on any atom is 0.327 e. The smallest absolute Gasteiger partial charge is 0.327 e. The quantitative estimate of drug-likeness (QED) is 0.246. The van der Waals surface area contributed by atoms with Gasteiger partial charge in [-0.2, -0.15) is 0 Å². The number of fused-ring (bicyclic) bond motifs is 1. The number of urea groups is 1. The van der Waals surface area contributed by atoms with Crippen LogP contribution in [0.15, 0.2) is 71.5 Å². The molecule has 12 nitrogen and oxygen atoms in total. The van der Waals surface area contributed by atoms with Gasteiger partial charge in [-0.05, 0) is 68.4 Å². The van der Waals surface area contributed by atoms with Crippen LogP contribution in [0.5, 0.6) is 11.5 Å². The van der Waals surface area contributed by atoms with Gasteiger partial charge in [-0.15, -0.1) is 0 Å². The molecule has 1 fully saturated rings. The molecule has 2 amide bonds. The molecule has 1 aliphatic heterocycles. The molecule has 2 heterocycles. The standard InChI is InChI=1S/C33H37FN6O6/c1-22(39(28-15-14-25(45-2)21-29(28)46-3)33(44)35-24-12-10-23(34)11-13-24)31-36-27-8-5-4-7-26(27)32(43)40(31)38-19-17-37(18-20-38)16-6-9-30(41)42/h4-5,7-8,10-15,21-22H,6,9,16-20H2,1-3H3,(H,35,44)(H,41,42). The van der Waals surface area contributed by atoms with E-state index in [9.17, 15) is 18.8 Å². The van der Waals surface area contributed by atoms with Gasteiger partial charge >= 0.3 is 12.0 Å². The highest BCUT2D eigenvalue weighted by Gasteiger charge is 2.32. The minimum absolute atomic E-state index is 0.0978. The Balaban J connectivity index is 1.57. The predicted octanol–water partition coefficient (Wildman–Crippen LogP) is 4.47. The zero-order valence-corrected chi connectivity index (χ0v) is 26.0. The van der Waals surface area contributed by atoms with Crippen LogP contribution in [0.4, 0.5) is 20.6 Å². The van der Waals surface area contributed by atoms with Crippen molar-refractivity contribution < 1.29 is 28.6 Å². The van der Waals surface area contributed by atoms with Crippen molar-refractivity contribution in [3.8, 4) is 11.5 Å². The molecule has 1 aromatic heterocycles. The summed E-state index contributed by atoms with van der Waals surface area (Å²) in [5, 5.41) is 14.2. The summed E-state index contributed by atoms with van der Waals surface area (Å²) in [7, 11) is 3.01. The van der Waals surface area contributed by atoms with Crippen molar-refractivity contribution in [1.82, 2.24) is 14.6 Å². The van der Waals surface area contributed by atoms with Crippen LogP contribution in [0.25, 0.3) is 10.9 Å². The lowest BCUT2D eigenvalue weighted by Gasteiger charge is -2.39. The Hall–Kier alpha value is -5.17. The number of nitrogens with one attached hydrogen (secondary N) is 1. The van der Waals surface area contributed by atoms with Gasteiger partial charge in [-0.25, -0.2) is 18.8 Å².